The van der Waals surface area contributed by atoms with Crippen LogP contribution in [0, 0.1) is 5.92 Å². The van der Waals surface area contributed by atoms with E-state index in [0.717, 1.165) is 5.69 Å². The standard InChI is InChI=1S/C19H24ClN3O4/c1-3-27-11-5-9-22(13-14(2)19(25)26)18(24)17-8-10-23(21-17)16-7-4-6-15(20)12-16/h4,6-8,10,12,14H,3,5,9,11,13H2,1-2H3,(H,25,26). The van der Waals surface area contributed by atoms with Crippen LogP contribution in [0.1, 0.15) is 30.8 Å². The van der Waals surface area contributed by atoms with Crippen LogP contribution in [0.15, 0.2) is 36.5 Å². The number of carboxylic acids is 1. The Morgan fingerprint density at radius 3 is 2.81 bits per heavy atom. The van der Waals surface area contributed by atoms with Crippen molar-refractivity contribution in [3.63, 3.8) is 0 Å². The number of ether oxygens (including phenoxy) is 1. The van der Waals surface area contributed by atoms with Gasteiger partial charge in [-0.05, 0) is 37.6 Å². The van der Waals surface area contributed by atoms with Gasteiger partial charge in [-0.1, -0.05) is 24.6 Å². The topological polar surface area (TPSA) is 84.7 Å². The van der Waals surface area contributed by atoms with E-state index in [-0.39, 0.29) is 18.1 Å². The Hall–Kier alpha value is -2.38. The zero-order chi connectivity index (χ0) is 19.8. The Morgan fingerprint density at radius 2 is 2.15 bits per heavy atom. The molecule has 1 amide bonds. The monoisotopic (exact) mass is 393 g/mol. The van der Waals surface area contributed by atoms with Crippen molar-refractivity contribution in [3.8, 4) is 5.69 Å². The molecule has 146 valence electrons. The zero-order valence-electron chi connectivity index (χ0n) is 15.5. The predicted octanol–water partition coefficient (Wildman–Crippen LogP) is 3.12. The number of rotatable bonds is 10. The van der Waals surface area contributed by atoms with Crippen molar-refractivity contribution in [2.75, 3.05) is 26.3 Å². The van der Waals surface area contributed by atoms with E-state index < -0.39 is 11.9 Å². The number of carboxylic acid groups (broad SMARTS) is 1. The maximum Gasteiger partial charge on any atom is 0.308 e. The highest BCUT2D eigenvalue weighted by Gasteiger charge is 2.23. The van der Waals surface area contributed by atoms with E-state index in [1.807, 2.05) is 13.0 Å². The average molecular weight is 394 g/mol. The van der Waals surface area contributed by atoms with Crippen molar-refractivity contribution >= 4 is 23.5 Å². The second-order valence-electron chi connectivity index (χ2n) is 6.17. The molecule has 1 aromatic heterocycles. The summed E-state index contributed by atoms with van der Waals surface area (Å²) in [7, 11) is 0. The van der Waals surface area contributed by atoms with Crippen molar-refractivity contribution in [1.82, 2.24) is 14.7 Å². The molecule has 0 spiro atoms. The number of hydrogen-bond acceptors (Lipinski definition) is 4. The van der Waals surface area contributed by atoms with Crippen molar-refractivity contribution in [3.05, 3.63) is 47.2 Å². The van der Waals surface area contributed by atoms with Crippen LogP contribution in [0.3, 0.4) is 0 Å². The number of amides is 1. The van der Waals surface area contributed by atoms with Gasteiger partial charge in [0.1, 0.15) is 0 Å². The molecule has 1 N–H and O–H groups in total. The molecule has 8 heteroatoms. The number of aliphatic carboxylic acids is 1. The van der Waals surface area contributed by atoms with Crippen LogP contribution < -0.4 is 0 Å². The molecule has 0 radical (unpaired) electrons. The van der Waals surface area contributed by atoms with Crippen LogP contribution in [0.5, 0.6) is 0 Å². The number of halogens is 1. The molecule has 1 atom stereocenters. The molecule has 0 saturated heterocycles. The lowest BCUT2D eigenvalue weighted by atomic mass is 10.1. The lowest BCUT2D eigenvalue weighted by Gasteiger charge is -2.23. The Bertz CT molecular complexity index is 778. The highest BCUT2D eigenvalue weighted by atomic mass is 35.5. The Morgan fingerprint density at radius 1 is 1.37 bits per heavy atom. The van der Waals surface area contributed by atoms with Crippen molar-refractivity contribution in [2.24, 2.45) is 5.92 Å². The van der Waals surface area contributed by atoms with Crippen LogP contribution in [0.2, 0.25) is 5.02 Å². The molecular weight excluding hydrogens is 370 g/mol. The Kier molecular flexibility index (Phi) is 7.82. The second-order valence-corrected chi connectivity index (χ2v) is 6.60. The summed E-state index contributed by atoms with van der Waals surface area (Å²) in [6.07, 6.45) is 2.30. The van der Waals surface area contributed by atoms with Crippen LogP contribution >= 0.6 is 11.6 Å². The van der Waals surface area contributed by atoms with Gasteiger partial charge >= 0.3 is 5.97 Å². The number of carbonyl (C=O) groups is 2. The molecule has 0 fully saturated rings. The van der Waals surface area contributed by atoms with E-state index in [0.29, 0.717) is 31.2 Å². The van der Waals surface area contributed by atoms with E-state index in [2.05, 4.69) is 5.10 Å². The van der Waals surface area contributed by atoms with E-state index >= 15 is 0 Å². The molecule has 0 aliphatic rings. The van der Waals surface area contributed by atoms with Gasteiger partial charge in [0.05, 0.1) is 11.6 Å². The largest absolute Gasteiger partial charge is 0.481 e. The molecule has 0 bridgehead atoms. The van der Waals surface area contributed by atoms with Gasteiger partial charge in [-0.2, -0.15) is 5.10 Å². The molecule has 27 heavy (non-hydrogen) atoms. The molecule has 1 heterocycles. The Balaban J connectivity index is 2.14. The second kappa shape index (κ2) is 10.1. The molecule has 2 rings (SSSR count). The van der Waals surface area contributed by atoms with Gasteiger partial charge in [0.2, 0.25) is 0 Å². The third-order valence-electron chi connectivity index (χ3n) is 4.00. The molecule has 2 aromatic rings. The normalized spacial score (nSPS) is 12.0. The van der Waals surface area contributed by atoms with Crippen LogP contribution in [0.25, 0.3) is 5.69 Å². The molecule has 1 unspecified atom stereocenters. The van der Waals surface area contributed by atoms with Crippen molar-refractivity contribution in [2.45, 2.75) is 20.3 Å². The quantitative estimate of drug-likeness (QED) is 0.627. The highest BCUT2D eigenvalue weighted by molar-refractivity contribution is 6.30. The molecule has 0 aliphatic heterocycles. The van der Waals surface area contributed by atoms with E-state index in [1.54, 1.807) is 42.1 Å². The number of hydrogen-bond donors (Lipinski definition) is 1. The summed E-state index contributed by atoms with van der Waals surface area (Å²) in [5, 5.41) is 14.1. The smallest absolute Gasteiger partial charge is 0.308 e. The lowest BCUT2D eigenvalue weighted by Crippen LogP contribution is -2.38. The maximum atomic E-state index is 12.9. The molecule has 0 aliphatic carbocycles. The van der Waals surface area contributed by atoms with Gasteiger partial charge < -0.3 is 14.7 Å². The summed E-state index contributed by atoms with van der Waals surface area (Å²) in [5.41, 5.74) is 0.993. The number of aromatic nitrogens is 2. The van der Waals surface area contributed by atoms with Crippen LogP contribution in [-0.2, 0) is 9.53 Å². The molecular formula is C19H24ClN3O4. The fourth-order valence-corrected chi connectivity index (χ4v) is 2.73. The van der Waals surface area contributed by atoms with Crippen LogP contribution in [0.4, 0.5) is 0 Å². The first-order chi connectivity index (χ1) is 12.9. The van der Waals surface area contributed by atoms with Crippen LogP contribution in [-0.4, -0.2) is 58.0 Å². The van der Waals surface area contributed by atoms with Crippen molar-refractivity contribution < 1.29 is 19.4 Å². The third kappa shape index (κ3) is 6.08. The molecule has 7 nitrogen and oxygen atoms in total. The summed E-state index contributed by atoms with van der Waals surface area (Å²) in [5.74, 6) is -1.92. The first kappa shape index (κ1) is 20.9. The zero-order valence-corrected chi connectivity index (χ0v) is 16.2. The van der Waals surface area contributed by atoms with Gasteiger partial charge in [0, 0.05) is 37.5 Å². The van der Waals surface area contributed by atoms with Gasteiger partial charge in [0.25, 0.3) is 5.91 Å². The third-order valence-corrected chi connectivity index (χ3v) is 4.24. The summed E-state index contributed by atoms with van der Waals surface area (Å²) >= 11 is 6.00. The van der Waals surface area contributed by atoms with Gasteiger partial charge in [-0.15, -0.1) is 0 Å². The molecule has 1 aromatic carbocycles. The maximum absolute atomic E-state index is 12.9. The summed E-state index contributed by atoms with van der Waals surface area (Å²) in [6, 6.07) is 8.75. The van der Waals surface area contributed by atoms with Gasteiger partial charge in [-0.25, -0.2) is 4.68 Å². The minimum atomic E-state index is -0.943. The number of nitrogens with zero attached hydrogens (tertiary/aromatic N) is 3. The van der Waals surface area contributed by atoms with Gasteiger partial charge in [0.15, 0.2) is 5.69 Å². The Labute approximate surface area is 163 Å². The lowest BCUT2D eigenvalue weighted by molar-refractivity contribution is -0.141. The predicted molar refractivity (Wildman–Crippen MR) is 102 cm³/mol. The summed E-state index contributed by atoms with van der Waals surface area (Å²) < 4.78 is 6.88. The highest BCUT2D eigenvalue weighted by Crippen LogP contribution is 2.15. The van der Waals surface area contributed by atoms with E-state index in [1.165, 1.54) is 4.90 Å². The van der Waals surface area contributed by atoms with E-state index in [4.69, 9.17) is 16.3 Å². The number of benzene rings is 1. The first-order valence-corrected chi connectivity index (χ1v) is 9.21. The van der Waals surface area contributed by atoms with Crippen molar-refractivity contribution in [1.29, 1.82) is 0 Å². The number of carbonyl (C=O) groups excluding carboxylic acids is 1. The minimum Gasteiger partial charge on any atom is -0.481 e. The van der Waals surface area contributed by atoms with Gasteiger partial charge in [-0.3, -0.25) is 9.59 Å². The first-order valence-electron chi connectivity index (χ1n) is 8.83. The van der Waals surface area contributed by atoms with E-state index in [9.17, 15) is 14.7 Å². The average Bonchev–Trinajstić information content (AvgIpc) is 3.13. The molecule has 0 saturated carbocycles. The summed E-state index contributed by atoms with van der Waals surface area (Å²) in [4.78, 5) is 25.6. The minimum absolute atomic E-state index is 0.115. The fraction of sp³-hybridized carbons (Fsp3) is 0.421. The summed E-state index contributed by atoms with van der Waals surface area (Å²) in [6.45, 7) is 5.11. The fourth-order valence-electron chi connectivity index (χ4n) is 2.55. The SMILES string of the molecule is CCOCCCN(CC(C)C(=O)O)C(=O)c1ccn(-c2cccc(Cl)c2)n1.